The van der Waals surface area contributed by atoms with Gasteiger partial charge < -0.3 is 14.4 Å². The van der Waals surface area contributed by atoms with E-state index < -0.39 is 15.6 Å². The van der Waals surface area contributed by atoms with Crippen molar-refractivity contribution in [2.45, 2.75) is 37.0 Å². The molecular formula is C25H31ClN2O5S. The molecule has 2 aromatic rings. The SMILES string of the molecule is O=C(C[C@@]1(COc2cccc(Cl)c2)CN(S(=O)(=O)Cc2ccccc2)CCO1)N1CCCCC1. The highest BCUT2D eigenvalue weighted by Crippen LogP contribution is 2.29. The number of amides is 1. The van der Waals surface area contributed by atoms with Crippen molar-refractivity contribution in [3.8, 4) is 5.75 Å². The van der Waals surface area contributed by atoms with Crippen molar-refractivity contribution in [1.82, 2.24) is 9.21 Å². The van der Waals surface area contributed by atoms with Gasteiger partial charge in [0.25, 0.3) is 0 Å². The minimum absolute atomic E-state index is 0.0308. The van der Waals surface area contributed by atoms with Crippen LogP contribution in [0.15, 0.2) is 54.6 Å². The molecule has 2 heterocycles. The van der Waals surface area contributed by atoms with Crippen LogP contribution >= 0.6 is 11.6 Å². The minimum Gasteiger partial charge on any atom is -0.490 e. The molecule has 2 saturated heterocycles. The molecule has 4 rings (SSSR count). The van der Waals surface area contributed by atoms with Crippen LogP contribution in [0.3, 0.4) is 0 Å². The Kier molecular flexibility index (Phi) is 8.14. The predicted molar refractivity (Wildman–Crippen MR) is 131 cm³/mol. The summed E-state index contributed by atoms with van der Waals surface area (Å²) in [6, 6.07) is 16.1. The molecule has 1 atom stereocenters. The van der Waals surface area contributed by atoms with E-state index in [4.69, 9.17) is 21.1 Å². The van der Waals surface area contributed by atoms with Gasteiger partial charge in [-0.1, -0.05) is 48.0 Å². The molecule has 2 aliphatic rings. The number of nitrogens with zero attached hydrogens (tertiary/aromatic N) is 2. The van der Waals surface area contributed by atoms with E-state index in [9.17, 15) is 13.2 Å². The summed E-state index contributed by atoms with van der Waals surface area (Å²) in [6.45, 7) is 1.99. The number of halogens is 1. The zero-order chi connectivity index (χ0) is 24.0. The Morgan fingerprint density at radius 1 is 1.03 bits per heavy atom. The number of rotatable bonds is 8. The molecule has 0 aliphatic carbocycles. The van der Waals surface area contributed by atoms with Gasteiger partial charge in [-0.25, -0.2) is 8.42 Å². The molecule has 0 saturated carbocycles. The molecule has 0 unspecified atom stereocenters. The van der Waals surface area contributed by atoms with E-state index in [1.165, 1.54) is 4.31 Å². The van der Waals surface area contributed by atoms with Crippen molar-refractivity contribution in [2.75, 3.05) is 39.4 Å². The Balaban J connectivity index is 1.53. The maximum atomic E-state index is 13.3. The molecule has 7 nitrogen and oxygen atoms in total. The third kappa shape index (κ3) is 6.50. The fourth-order valence-corrected chi connectivity index (χ4v) is 6.23. The topological polar surface area (TPSA) is 76.1 Å². The molecular weight excluding hydrogens is 476 g/mol. The predicted octanol–water partition coefficient (Wildman–Crippen LogP) is 3.72. The third-order valence-electron chi connectivity index (χ3n) is 6.28. The molecule has 2 fully saturated rings. The summed E-state index contributed by atoms with van der Waals surface area (Å²) in [5, 5.41) is 0.535. The Morgan fingerprint density at radius 3 is 2.53 bits per heavy atom. The smallest absolute Gasteiger partial charge is 0.225 e. The van der Waals surface area contributed by atoms with Crippen LogP contribution in [0.1, 0.15) is 31.2 Å². The van der Waals surface area contributed by atoms with E-state index >= 15 is 0 Å². The van der Waals surface area contributed by atoms with Crippen LogP contribution in [0, 0.1) is 0 Å². The summed E-state index contributed by atoms with van der Waals surface area (Å²) in [5.41, 5.74) is -0.363. The Labute approximate surface area is 206 Å². The Morgan fingerprint density at radius 2 is 1.79 bits per heavy atom. The number of sulfonamides is 1. The number of ether oxygens (including phenoxy) is 2. The van der Waals surface area contributed by atoms with Crippen LogP contribution in [0.25, 0.3) is 0 Å². The fraction of sp³-hybridized carbons (Fsp3) is 0.480. The first-order chi connectivity index (χ1) is 16.4. The van der Waals surface area contributed by atoms with E-state index in [0.29, 0.717) is 10.8 Å². The Hall–Kier alpha value is -2.13. The van der Waals surface area contributed by atoms with Gasteiger partial charge >= 0.3 is 0 Å². The highest BCUT2D eigenvalue weighted by molar-refractivity contribution is 7.88. The molecule has 2 aliphatic heterocycles. The number of carbonyl (C=O) groups is 1. The standard InChI is InChI=1S/C25H31ClN2O5S/c26-22-10-7-11-23(16-22)32-20-25(17-24(29)27-12-5-2-6-13-27)19-28(14-15-33-25)34(30,31)18-21-8-3-1-4-9-21/h1,3-4,7-11,16H,2,5-6,12-15,17-20H2/t25-/m0/s1. The second kappa shape index (κ2) is 11.1. The summed E-state index contributed by atoms with van der Waals surface area (Å²) in [5.74, 6) is 0.418. The average molecular weight is 507 g/mol. The molecule has 0 spiro atoms. The van der Waals surface area contributed by atoms with Crippen LogP contribution < -0.4 is 4.74 Å². The van der Waals surface area contributed by atoms with Gasteiger partial charge in [0.2, 0.25) is 15.9 Å². The van der Waals surface area contributed by atoms with Crippen LogP contribution in [0.5, 0.6) is 5.75 Å². The maximum absolute atomic E-state index is 13.3. The second-order valence-corrected chi connectivity index (χ2v) is 11.4. The third-order valence-corrected chi connectivity index (χ3v) is 8.31. The molecule has 1 amide bonds. The van der Waals surface area contributed by atoms with E-state index in [0.717, 1.165) is 37.9 Å². The normalized spacial score (nSPS) is 21.9. The number of likely N-dealkylation sites (tertiary alicyclic amines) is 1. The summed E-state index contributed by atoms with van der Waals surface area (Å²) in [4.78, 5) is 15.0. The maximum Gasteiger partial charge on any atom is 0.225 e. The lowest BCUT2D eigenvalue weighted by atomic mass is 9.97. The molecule has 34 heavy (non-hydrogen) atoms. The van der Waals surface area contributed by atoms with Gasteiger partial charge in [0.15, 0.2) is 0 Å². The molecule has 0 bridgehead atoms. The summed E-state index contributed by atoms with van der Waals surface area (Å²) in [6.07, 6.45) is 3.14. The summed E-state index contributed by atoms with van der Waals surface area (Å²) >= 11 is 6.09. The lowest BCUT2D eigenvalue weighted by Crippen LogP contribution is -2.58. The van der Waals surface area contributed by atoms with Crippen LogP contribution in [0.4, 0.5) is 0 Å². The van der Waals surface area contributed by atoms with Gasteiger partial charge in [-0.2, -0.15) is 4.31 Å². The molecule has 0 radical (unpaired) electrons. The van der Waals surface area contributed by atoms with E-state index in [1.807, 2.05) is 23.1 Å². The van der Waals surface area contributed by atoms with Gasteiger partial charge in [0.05, 0.1) is 18.8 Å². The summed E-state index contributed by atoms with van der Waals surface area (Å²) < 4.78 is 40.1. The van der Waals surface area contributed by atoms with Crippen LogP contribution in [0.2, 0.25) is 5.02 Å². The van der Waals surface area contributed by atoms with Crippen LogP contribution in [-0.2, 0) is 25.3 Å². The van der Waals surface area contributed by atoms with Crippen molar-refractivity contribution in [3.05, 3.63) is 65.2 Å². The van der Waals surface area contributed by atoms with Gasteiger partial charge in [-0.3, -0.25) is 4.79 Å². The Bertz CT molecular complexity index is 1080. The monoisotopic (exact) mass is 506 g/mol. The quantitative estimate of drug-likeness (QED) is 0.545. The van der Waals surface area contributed by atoms with E-state index in [2.05, 4.69) is 0 Å². The lowest BCUT2D eigenvalue weighted by Gasteiger charge is -2.42. The average Bonchev–Trinajstić information content (AvgIpc) is 2.84. The van der Waals surface area contributed by atoms with E-state index in [-0.39, 0.29) is 44.4 Å². The number of morpholine rings is 1. The number of benzene rings is 2. The van der Waals surface area contributed by atoms with Gasteiger partial charge in [0.1, 0.15) is 18.0 Å². The van der Waals surface area contributed by atoms with Crippen molar-refractivity contribution < 1.29 is 22.7 Å². The van der Waals surface area contributed by atoms with Gasteiger partial charge in [-0.15, -0.1) is 0 Å². The fourth-order valence-electron chi connectivity index (χ4n) is 4.47. The second-order valence-electron chi connectivity index (χ2n) is 8.97. The zero-order valence-electron chi connectivity index (χ0n) is 19.2. The van der Waals surface area contributed by atoms with Crippen molar-refractivity contribution in [1.29, 1.82) is 0 Å². The van der Waals surface area contributed by atoms with E-state index in [1.54, 1.807) is 36.4 Å². The van der Waals surface area contributed by atoms with Crippen LogP contribution in [-0.4, -0.2) is 68.5 Å². The van der Waals surface area contributed by atoms with Gasteiger partial charge in [0, 0.05) is 31.2 Å². The molecule has 0 aromatic heterocycles. The molecule has 184 valence electrons. The first-order valence-corrected chi connectivity index (χ1v) is 13.7. The highest BCUT2D eigenvalue weighted by atomic mass is 35.5. The number of hydrogen-bond donors (Lipinski definition) is 0. The first-order valence-electron chi connectivity index (χ1n) is 11.7. The zero-order valence-corrected chi connectivity index (χ0v) is 20.8. The summed E-state index contributed by atoms with van der Waals surface area (Å²) in [7, 11) is -3.61. The number of piperidine rings is 1. The van der Waals surface area contributed by atoms with Gasteiger partial charge in [-0.05, 0) is 43.0 Å². The number of carbonyl (C=O) groups excluding carboxylic acids is 1. The molecule has 9 heteroatoms. The lowest BCUT2D eigenvalue weighted by molar-refractivity contribution is -0.151. The number of hydrogen-bond acceptors (Lipinski definition) is 5. The van der Waals surface area contributed by atoms with Crippen molar-refractivity contribution in [3.63, 3.8) is 0 Å². The van der Waals surface area contributed by atoms with Crippen molar-refractivity contribution >= 4 is 27.5 Å². The molecule has 0 N–H and O–H groups in total. The first kappa shape index (κ1) is 25.0. The minimum atomic E-state index is -3.61. The highest BCUT2D eigenvalue weighted by Gasteiger charge is 2.44. The largest absolute Gasteiger partial charge is 0.490 e. The van der Waals surface area contributed by atoms with Crippen molar-refractivity contribution in [2.24, 2.45) is 0 Å². The molecule has 2 aromatic carbocycles.